The number of benzene rings is 1. The number of fused-ring (bicyclic) bond motifs is 1. The summed E-state index contributed by atoms with van der Waals surface area (Å²) < 4.78 is 23.6. The Balaban J connectivity index is 1.04. The first-order valence-electron chi connectivity index (χ1n) is 13.8. The predicted octanol–water partition coefficient (Wildman–Crippen LogP) is 5.63. The first kappa shape index (κ1) is 25.3. The largest absolute Gasteiger partial charge is 0.493 e. The molecule has 6 rings (SSSR count). The number of likely N-dealkylation sites (tertiary alicyclic amines) is 1. The van der Waals surface area contributed by atoms with Crippen LogP contribution in [0.5, 0.6) is 5.75 Å². The highest BCUT2D eigenvalue weighted by molar-refractivity contribution is 7.10. The summed E-state index contributed by atoms with van der Waals surface area (Å²) in [4.78, 5) is 6.14. The Labute approximate surface area is 223 Å². The molecule has 2 aliphatic heterocycles. The molecule has 0 spiro atoms. The third-order valence-corrected chi connectivity index (χ3v) is 8.86. The molecule has 0 atom stereocenters. The van der Waals surface area contributed by atoms with Crippen molar-refractivity contribution in [2.24, 2.45) is 11.8 Å². The minimum absolute atomic E-state index is 0.171. The lowest BCUT2D eigenvalue weighted by molar-refractivity contribution is -0.0447. The summed E-state index contributed by atoms with van der Waals surface area (Å²) in [5.41, 5.74) is 4.33. The fourth-order valence-electron chi connectivity index (χ4n) is 5.57. The van der Waals surface area contributed by atoms with E-state index < -0.39 is 0 Å². The van der Waals surface area contributed by atoms with E-state index in [1.54, 1.807) is 0 Å². The van der Waals surface area contributed by atoms with Gasteiger partial charge in [0.2, 0.25) is 0 Å². The van der Waals surface area contributed by atoms with Crippen molar-refractivity contribution >= 4 is 22.3 Å². The second kappa shape index (κ2) is 11.4. The van der Waals surface area contributed by atoms with Crippen molar-refractivity contribution in [3.05, 3.63) is 45.3 Å². The Kier molecular flexibility index (Phi) is 7.81. The highest BCUT2D eigenvalue weighted by atomic mass is 32.1. The number of nitrogens with zero attached hydrogens (tertiary/aromatic N) is 3. The highest BCUT2D eigenvalue weighted by Gasteiger charge is 2.26. The zero-order chi connectivity index (χ0) is 25.2. The maximum atomic E-state index is 6.19. The van der Waals surface area contributed by atoms with E-state index in [1.807, 2.05) is 11.3 Å². The van der Waals surface area contributed by atoms with Crippen molar-refractivity contribution in [3.63, 3.8) is 0 Å². The zero-order valence-electron chi connectivity index (χ0n) is 22.1. The molecule has 2 saturated heterocycles. The van der Waals surface area contributed by atoms with Crippen LogP contribution < -0.4 is 4.74 Å². The molecule has 2 aromatic heterocycles. The van der Waals surface area contributed by atoms with Crippen molar-refractivity contribution in [2.45, 2.75) is 57.9 Å². The van der Waals surface area contributed by atoms with Crippen LogP contribution in [-0.4, -0.2) is 62.0 Å². The van der Waals surface area contributed by atoms with E-state index in [-0.39, 0.29) is 6.29 Å². The van der Waals surface area contributed by atoms with Crippen LogP contribution in [0.25, 0.3) is 11.0 Å². The van der Waals surface area contributed by atoms with Gasteiger partial charge in [0, 0.05) is 28.9 Å². The molecule has 8 heteroatoms. The fourth-order valence-corrected chi connectivity index (χ4v) is 6.51. The summed E-state index contributed by atoms with van der Waals surface area (Å²) in [6, 6.07) is 6.45. The number of piperidine rings is 1. The molecule has 0 amide bonds. The van der Waals surface area contributed by atoms with Crippen molar-refractivity contribution < 1.29 is 18.7 Å². The second-order valence-electron chi connectivity index (χ2n) is 11.2. The highest BCUT2D eigenvalue weighted by Crippen LogP contribution is 2.36. The van der Waals surface area contributed by atoms with Gasteiger partial charge in [0.15, 0.2) is 11.9 Å². The van der Waals surface area contributed by atoms with Gasteiger partial charge in [-0.05, 0) is 101 Å². The van der Waals surface area contributed by atoms with Gasteiger partial charge in [-0.25, -0.2) is 0 Å². The molecule has 3 aliphatic rings. The molecule has 4 heterocycles. The Morgan fingerprint density at radius 3 is 2.62 bits per heavy atom. The van der Waals surface area contributed by atoms with Gasteiger partial charge in [-0.1, -0.05) is 5.16 Å². The molecule has 1 aliphatic carbocycles. The van der Waals surface area contributed by atoms with Crippen LogP contribution in [0.1, 0.15) is 60.1 Å². The summed E-state index contributed by atoms with van der Waals surface area (Å²) in [5.74, 6) is 2.40. The third kappa shape index (κ3) is 6.04. The Morgan fingerprint density at radius 1 is 1.05 bits per heavy atom. The molecule has 200 valence electrons. The summed E-state index contributed by atoms with van der Waals surface area (Å²) >= 11 is 1.82. The monoisotopic (exact) mass is 525 g/mol. The lowest BCUT2D eigenvalue weighted by atomic mass is 9.91. The number of hydrogen-bond acceptors (Lipinski definition) is 8. The van der Waals surface area contributed by atoms with Gasteiger partial charge in [0.1, 0.15) is 5.75 Å². The number of aryl methyl sites for hydroxylation is 1. The summed E-state index contributed by atoms with van der Waals surface area (Å²) in [5, 5.41) is 7.84. The zero-order valence-corrected chi connectivity index (χ0v) is 22.9. The molecule has 1 saturated carbocycles. The maximum absolute atomic E-state index is 6.19. The van der Waals surface area contributed by atoms with Crippen LogP contribution in [0.2, 0.25) is 0 Å². The van der Waals surface area contributed by atoms with Gasteiger partial charge in [-0.2, -0.15) is 0 Å². The summed E-state index contributed by atoms with van der Waals surface area (Å²) in [7, 11) is 4.17. The first-order valence-corrected chi connectivity index (χ1v) is 14.7. The van der Waals surface area contributed by atoms with E-state index >= 15 is 0 Å². The normalized spacial score (nSPS) is 20.0. The average molecular weight is 526 g/mol. The van der Waals surface area contributed by atoms with Gasteiger partial charge >= 0.3 is 0 Å². The van der Waals surface area contributed by atoms with Gasteiger partial charge in [-0.3, -0.25) is 4.90 Å². The molecule has 3 fully saturated rings. The number of thiophene rings is 1. The lowest BCUT2D eigenvalue weighted by Gasteiger charge is -2.32. The Bertz CT molecular complexity index is 1170. The van der Waals surface area contributed by atoms with Crippen molar-refractivity contribution in [1.29, 1.82) is 0 Å². The van der Waals surface area contributed by atoms with Crippen LogP contribution in [0.4, 0.5) is 0 Å². The first-order chi connectivity index (χ1) is 18.1. The van der Waals surface area contributed by atoms with Crippen molar-refractivity contribution in [2.75, 3.05) is 47.0 Å². The molecule has 0 unspecified atom stereocenters. The van der Waals surface area contributed by atoms with E-state index in [1.165, 1.54) is 36.1 Å². The minimum Gasteiger partial charge on any atom is -0.493 e. The Morgan fingerprint density at radius 2 is 1.86 bits per heavy atom. The molecule has 1 aromatic carbocycles. The molecule has 0 bridgehead atoms. The molecule has 37 heavy (non-hydrogen) atoms. The van der Waals surface area contributed by atoms with Gasteiger partial charge in [0.25, 0.3) is 0 Å². The fraction of sp³-hybridized carbons (Fsp3) is 0.621. The summed E-state index contributed by atoms with van der Waals surface area (Å²) in [6.07, 6.45) is 7.00. The third-order valence-electron chi connectivity index (χ3n) is 7.94. The molecule has 0 radical (unpaired) electrons. The van der Waals surface area contributed by atoms with E-state index in [0.29, 0.717) is 13.2 Å². The number of rotatable bonds is 11. The van der Waals surface area contributed by atoms with Gasteiger partial charge in [-0.15, -0.1) is 11.3 Å². The topological polar surface area (TPSA) is 60.2 Å². The number of ether oxygens (including phenoxy) is 3. The van der Waals surface area contributed by atoms with Crippen molar-refractivity contribution in [1.82, 2.24) is 15.0 Å². The minimum atomic E-state index is -0.171. The molecular weight excluding hydrogens is 486 g/mol. The molecule has 7 nitrogen and oxygen atoms in total. The van der Waals surface area contributed by atoms with Crippen molar-refractivity contribution in [3.8, 4) is 5.75 Å². The lowest BCUT2D eigenvalue weighted by Crippen LogP contribution is -2.33. The standard InChI is InChI=1S/C29H39N3O4S/c1-31(2)17-24-26(35-19-21-3-4-21)8-6-22-25(30-36-28(22)24)7-5-20-9-12-32(13-10-20)18-27-23(11-16-37-27)29-33-14-15-34-29/h6,8,11,16,20-21,29H,3-5,7,9-10,12-15,17-19H2,1-2H3. The van der Waals surface area contributed by atoms with Crippen LogP contribution in [0, 0.1) is 11.8 Å². The van der Waals surface area contributed by atoms with Gasteiger partial charge in [0.05, 0.1) is 31.1 Å². The van der Waals surface area contributed by atoms with Gasteiger partial charge < -0.3 is 23.6 Å². The second-order valence-corrected chi connectivity index (χ2v) is 12.2. The number of aromatic nitrogens is 1. The maximum Gasteiger partial charge on any atom is 0.185 e. The predicted molar refractivity (Wildman–Crippen MR) is 145 cm³/mol. The SMILES string of the molecule is CN(C)Cc1c(OCC2CC2)ccc2c(CCC3CCN(Cc4sccc4C4OCCO4)CC3)noc12. The molecular formula is C29H39N3O4S. The van der Waals surface area contributed by atoms with Crippen LogP contribution in [-0.2, 0) is 29.0 Å². The Hall–Kier alpha value is -1.97. The van der Waals surface area contributed by atoms with Crippen LogP contribution in [0.3, 0.4) is 0 Å². The van der Waals surface area contributed by atoms with E-state index in [9.17, 15) is 0 Å². The van der Waals surface area contributed by atoms with Crippen LogP contribution in [0.15, 0.2) is 28.1 Å². The average Bonchev–Trinajstić information content (AvgIpc) is 3.25. The van der Waals surface area contributed by atoms with Crippen LogP contribution >= 0.6 is 11.3 Å². The quantitative estimate of drug-likeness (QED) is 0.322. The van der Waals surface area contributed by atoms with E-state index in [0.717, 1.165) is 85.4 Å². The molecule has 0 N–H and O–H groups in total. The van der Waals surface area contributed by atoms with E-state index in [2.05, 4.69) is 52.6 Å². The van der Waals surface area contributed by atoms with E-state index in [4.69, 9.17) is 18.7 Å². The summed E-state index contributed by atoms with van der Waals surface area (Å²) in [6.45, 7) is 6.26. The smallest absolute Gasteiger partial charge is 0.185 e. The molecule has 3 aromatic rings. The number of hydrogen-bond donors (Lipinski definition) is 0.